The number of thiazole rings is 1. The van der Waals surface area contributed by atoms with E-state index in [-0.39, 0.29) is 11.7 Å². The molecule has 1 aromatic heterocycles. The third-order valence-corrected chi connectivity index (χ3v) is 3.54. The molecule has 1 N–H and O–H groups in total. The summed E-state index contributed by atoms with van der Waals surface area (Å²) in [5.74, 6) is -0.548. The van der Waals surface area contributed by atoms with Crippen molar-refractivity contribution in [3.63, 3.8) is 0 Å². The van der Waals surface area contributed by atoms with E-state index in [0.29, 0.717) is 5.13 Å². The van der Waals surface area contributed by atoms with Gasteiger partial charge in [-0.2, -0.15) is 0 Å². The number of halogens is 1. The van der Waals surface area contributed by atoms with Gasteiger partial charge in [0.05, 0.1) is 5.69 Å². The Morgan fingerprint density at radius 1 is 1.32 bits per heavy atom. The van der Waals surface area contributed by atoms with Crippen molar-refractivity contribution >= 4 is 28.5 Å². The average molecular weight is 276 g/mol. The van der Waals surface area contributed by atoms with E-state index in [1.54, 1.807) is 18.2 Å². The Kier molecular flexibility index (Phi) is 4.06. The highest BCUT2D eigenvalue weighted by atomic mass is 32.1. The maximum absolute atomic E-state index is 12.7. The fourth-order valence-corrected chi connectivity index (χ4v) is 2.24. The highest BCUT2D eigenvalue weighted by molar-refractivity contribution is 7.15. The topological polar surface area (TPSA) is 42.0 Å². The van der Waals surface area contributed by atoms with Crippen molar-refractivity contribution in [1.29, 1.82) is 0 Å². The number of aryl methyl sites for hydroxylation is 2. The minimum atomic E-state index is -0.296. The van der Waals surface area contributed by atoms with Crippen LogP contribution in [0.15, 0.2) is 30.3 Å². The van der Waals surface area contributed by atoms with Crippen LogP contribution < -0.4 is 5.32 Å². The number of carbonyl (C=O) groups is 1. The summed E-state index contributed by atoms with van der Waals surface area (Å²) in [6.45, 7) is 3.85. The van der Waals surface area contributed by atoms with E-state index in [9.17, 15) is 9.18 Å². The second kappa shape index (κ2) is 5.75. The van der Waals surface area contributed by atoms with Crippen LogP contribution in [0.3, 0.4) is 0 Å². The molecule has 19 heavy (non-hydrogen) atoms. The first-order valence-corrected chi connectivity index (χ1v) is 6.55. The summed E-state index contributed by atoms with van der Waals surface area (Å²) in [5, 5.41) is 3.28. The molecular weight excluding hydrogens is 263 g/mol. The van der Waals surface area contributed by atoms with E-state index < -0.39 is 0 Å². The molecule has 0 unspecified atom stereocenters. The van der Waals surface area contributed by atoms with Gasteiger partial charge < -0.3 is 0 Å². The first kappa shape index (κ1) is 13.4. The fraction of sp³-hybridized carbons (Fsp3) is 0.143. The third-order valence-electron chi connectivity index (χ3n) is 2.56. The van der Waals surface area contributed by atoms with Crippen molar-refractivity contribution in [3.05, 3.63) is 52.3 Å². The van der Waals surface area contributed by atoms with Gasteiger partial charge in [-0.1, -0.05) is 12.1 Å². The quantitative estimate of drug-likeness (QED) is 0.871. The first-order valence-electron chi connectivity index (χ1n) is 5.73. The molecule has 0 aliphatic heterocycles. The molecule has 0 bridgehead atoms. The van der Waals surface area contributed by atoms with Crippen molar-refractivity contribution in [1.82, 2.24) is 4.98 Å². The maximum atomic E-state index is 12.7. The van der Waals surface area contributed by atoms with Crippen LogP contribution in [0.5, 0.6) is 0 Å². The number of carbonyl (C=O) groups excluding carboxylic acids is 1. The Morgan fingerprint density at radius 2 is 2.00 bits per heavy atom. The van der Waals surface area contributed by atoms with E-state index in [4.69, 9.17) is 0 Å². The number of nitrogens with one attached hydrogen (secondary N) is 1. The van der Waals surface area contributed by atoms with Crippen molar-refractivity contribution in [2.24, 2.45) is 0 Å². The first-order chi connectivity index (χ1) is 9.04. The lowest BCUT2D eigenvalue weighted by Crippen LogP contribution is -2.07. The molecule has 0 atom stereocenters. The minimum absolute atomic E-state index is 0.252. The number of hydrogen-bond donors (Lipinski definition) is 1. The predicted molar refractivity (Wildman–Crippen MR) is 75.7 cm³/mol. The van der Waals surface area contributed by atoms with Gasteiger partial charge in [-0.3, -0.25) is 10.1 Å². The Bertz CT molecular complexity index is 597. The van der Waals surface area contributed by atoms with E-state index >= 15 is 0 Å². The van der Waals surface area contributed by atoms with Gasteiger partial charge >= 0.3 is 0 Å². The lowest BCUT2D eigenvalue weighted by molar-refractivity contribution is -0.111. The zero-order valence-electron chi connectivity index (χ0n) is 10.6. The lowest BCUT2D eigenvalue weighted by atomic mass is 10.2. The highest BCUT2D eigenvalue weighted by Crippen LogP contribution is 2.20. The Balaban J connectivity index is 1.99. The molecule has 1 amide bonds. The number of rotatable bonds is 3. The summed E-state index contributed by atoms with van der Waals surface area (Å²) in [4.78, 5) is 17.0. The van der Waals surface area contributed by atoms with Crippen molar-refractivity contribution in [3.8, 4) is 0 Å². The van der Waals surface area contributed by atoms with Gasteiger partial charge in [0.25, 0.3) is 0 Å². The molecule has 0 saturated heterocycles. The molecule has 98 valence electrons. The summed E-state index contributed by atoms with van der Waals surface area (Å²) >= 11 is 1.44. The van der Waals surface area contributed by atoms with Crippen LogP contribution >= 0.6 is 11.3 Å². The SMILES string of the molecule is Cc1nc(NC(=O)/C=C\c2ccc(F)cc2)sc1C. The molecule has 1 heterocycles. The third kappa shape index (κ3) is 3.72. The molecule has 5 heteroatoms. The summed E-state index contributed by atoms with van der Waals surface area (Å²) in [6, 6.07) is 5.92. The molecule has 1 aromatic carbocycles. The highest BCUT2D eigenvalue weighted by Gasteiger charge is 2.05. The standard InChI is InChI=1S/C14H13FN2OS/c1-9-10(2)19-14(16-9)17-13(18)8-5-11-3-6-12(15)7-4-11/h3-8H,1-2H3,(H,16,17,18)/b8-5-. The molecular formula is C14H13FN2OS. The molecule has 0 fully saturated rings. The normalized spacial score (nSPS) is 10.9. The van der Waals surface area contributed by atoms with E-state index in [1.807, 2.05) is 13.8 Å². The largest absolute Gasteiger partial charge is 0.298 e. The van der Waals surface area contributed by atoms with Crippen LogP contribution in [0.25, 0.3) is 6.08 Å². The number of amides is 1. The molecule has 2 aromatic rings. The van der Waals surface area contributed by atoms with Gasteiger partial charge in [0, 0.05) is 11.0 Å². The smallest absolute Gasteiger partial charge is 0.250 e. The van der Waals surface area contributed by atoms with Crippen molar-refractivity contribution in [2.45, 2.75) is 13.8 Å². The van der Waals surface area contributed by atoms with Crippen LogP contribution in [-0.4, -0.2) is 10.9 Å². The summed E-state index contributed by atoms with van der Waals surface area (Å²) in [6.07, 6.45) is 3.03. The van der Waals surface area contributed by atoms with Crippen molar-refractivity contribution < 1.29 is 9.18 Å². The Morgan fingerprint density at radius 3 is 2.58 bits per heavy atom. The number of hydrogen-bond acceptors (Lipinski definition) is 3. The molecule has 0 spiro atoms. The monoisotopic (exact) mass is 276 g/mol. The number of benzene rings is 1. The summed E-state index contributed by atoms with van der Waals surface area (Å²) in [5.41, 5.74) is 1.69. The molecule has 3 nitrogen and oxygen atoms in total. The van der Waals surface area contributed by atoms with E-state index in [0.717, 1.165) is 16.1 Å². The van der Waals surface area contributed by atoms with Gasteiger partial charge in [0.2, 0.25) is 5.91 Å². The number of anilines is 1. The zero-order valence-corrected chi connectivity index (χ0v) is 11.4. The predicted octanol–water partition coefficient (Wildman–Crippen LogP) is 3.55. The lowest BCUT2D eigenvalue weighted by Gasteiger charge is -1.96. The molecule has 0 aliphatic rings. The van der Waals surface area contributed by atoms with Crippen LogP contribution in [0.1, 0.15) is 16.1 Å². The maximum Gasteiger partial charge on any atom is 0.250 e. The molecule has 0 saturated carbocycles. The van der Waals surface area contributed by atoms with Gasteiger partial charge in [-0.25, -0.2) is 9.37 Å². The van der Waals surface area contributed by atoms with Crippen LogP contribution in [0.2, 0.25) is 0 Å². The zero-order chi connectivity index (χ0) is 13.8. The Labute approximate surface area is 114 Å². The second-order valence-electron chi connectivity index (χ2n) is 4.03. The van der Waals surface area contributed by atoms with Crippen LogP contribution in [0.4, 0.5) is 9.52 Å². The number of nitrogens with zero attached hydrogens (tertiary/aromatic N) is 1. The Hall–Kier alpha value is -2.01. The van der Waals surface area contributed by atoms with Crippen LogP contribution in [-0.2, 0) is 4.79 Å². The van der Waals surface area contributed by atoms with Gasteiger partial charge in [-0.15, -0.1) is 11.3 Å². The van der Waals surface area contributed by atoms with Crippen LogP contribution in [0, 0.1) is 19.7 Å². The van der Waals surface area contributed by atoms with E-state index in [1.165, 1.54) is 29.5 Å². The van der Waals surface area contributed by atoms with Gasteiger partial charge in [-0.05, 0) is 37.6 Å². The van der Waals surface area contributed by atoms with Crippen molar-refractivity contribution in [2.75, 3.05) is 5.32 Å². The molecule has 0 aliphatic carbocycles. The van der Waals surface area contributed by atoms with Gasteiger partial charge in [0.1, 0.15) is 5.82 Å². The van der Waals surface area contributed by atoms with Gasteiger partial charge in [0.15, 0.2) is 5.13 Å². The second-order valence-corrected chi connectivity index (χ2v) is 5.24. The summed E-state index contributed by atoms with van der Waals surface area (Å²) < 4.78 is 12.7. The average Bonchev–Trinajstić information content (AvgIpc) is 2.67. The molecule has 2 rings (SSSR count). The molecule has 0 radical (unpaired) electrons. The fourth-order valence-electron chi connectivity index (χ4n) is 1.42. The summed E-state index contributed by atoms with van der Waals surface area (Å²) in [7, 11) is 0. The minimum Gasteiger partial charge on any atom is -0.298 e. The van der Waals surface area contributed by atoms with E-state index in [2.05, 4.69) is 10.3 Å². The number of aromatic nitrogens is 1.